The highest BCUT2D eigenvalue weighted by molar-refractivity contribution is 5.79. The van der Waals surface area contributed by atoms with Crippen LogP contribution >= 0.6 is 0 Å². The molecule has 0 bridgehead atoms. The third-order valence-electron chi connectivity index (χ3n) is 4.60. The molecule has 2 heterocycles. The largest absolute Gasteiger partial charge is 0.337 e. The van der Waals surface area contributed by atoms with Crippen molar-refractivity contribution in [2.45, 2.75) is 18.9 Å². The van der Waals surface area contributed by atoms with Crippen LogP contribution in [0.2, 0.25) is 0 Å². The Bertz CT molecular complexity index is 1020. The fourth-order valence-corrected chi connectivity index (χ4v) is 3.14. The highest BCUT2D eigenvalue weighted by Gasteiger charge is 2.34. The molecule has 1 aromatic heterocycles. The minimum Gasteiger partial charge on any atom is -0.337 e. The second-order valence-corrected chi connectivity index (χ2v) is 6.41. The van der Waals surface area contributed by atoms with Crippen molar-refractivity contribution in [3.63, 3.8) is 0 Å². The van der Waals surface area contributed by atoms with E-state index in [1.54, 1.807) is 47.4 Å². The van der Waals surface area contributed by atoms with Gasteiger partial charge in [0.1, 0.15) is 5.82 Å². The molecule has 1 fully saturated rings. The zero-order valence-electron chi connectivity index (χ0n) is 14.3. The molecule has 134 valence electrons. The number of halogens is 1. The maximum absolute atomic E-state index is 13.8. The smallest absolute Gasteiger partial charge is 0.257 e. The SMILES string of the molecule is N#Cc1ccc(-c2nc(C3CC(=O)N(Cc4ccccc4F)C3)no2)cc1. The molecule has 1 atom stereocenters. The lowest BCUT2D eigenvalue weighted by Gasteiger charge is -2.16. The number of rotatable bonds is 4. The van der Waals surface area contributed by atoms with Crippen LogP contribution in [0.25, 0.3) is 11.5 Å². The number of hydrogen-bond acceptors (Lipinski definition) is 5. The first-order valence-corrected chi connectivity index (χ1v) is 8.49. The first kappa shape index (κ1) is 16.9. The Balaban J connectivity index is 1.48. The summed E-state index contributed by atoms with van der Waals surface area (Å²) in [5.74, 6) is 0.220. The van der Waals surface area contributed by atoms with Gasteiger partial charge >= 0.3 is 0 Å². The molecule has 1 aliphatic rings. The number of hydrogen-bond donors (Lipinski definition) is 0. The van der Waals surface area contributed by atoms with Gasteiger partial charge in [0.15, 0.2) is 5.82 Å². The molecule has 6 nitrogen and oxygen atoms in total. The summed E-state index contributed by atoms with van der Waals surface area (Å²) in [5.41, 5.74) is 1.74. The number of nitriles is 1. The first-order chi connectivity index (χ1) is 13.1. The molecule has 2 aromatic carbocycles. The van der Waals surface area contributed by atoms with Crippen molar-refractivity contribution in [1.29, 1.82) is 5.26 Å². The van der Waals surface area contributed by atoms with Crippen LogP contribution in [0.4, 0.5) is 4.39 Å². The topological polar surface area (TPSA) is 83.0 Å². The van der Waals surface area contributed by atoms with E-state index in [9.17, 15) is 9.18 Å². The third-order valence-corrected chi connectivity index (χ3v) is 4.60. The number of likely N-dealkylation sites (tertiary alicyclic amines) is 1. The van der Waals surface area contributed by atoms with E-state index < -0.39 is 0 Å². The lowest BCUT2D eigenvalue weighted by atomic mass is 10.1. The lowest BCUT2D eigenvalue weighted by molar-refractivity contribution is -0.128. The van der Waals surface area contributed by atoms with Crippen LogP contribution in [-0.2, 0) is 11.3 Å². The molecule has 0 saturated carbocycles. The minimum atomic E-state index is -0.323. The monoisotopic (exact) mass is 362 g/mol. The maximum atomic E-state index is 13.8. The van der Waals surface area contributed by atoms with Gasteiger partial charge in [0, 0.05) is 36.6 Å². The van der Waals surface area contributed by atoms with E-state index in [1.807, 2.05) is 0 Å². The van der Waals surface area contributed by atoms with Crippen molar-refractivity contribution < 1.29 is 13.7 Å². The van der Waals surface area contributed by atoms with E-state index in [1.165, 1.54) is 6.07 Å². The number of nitrogens with zero attached hydrogens (tertiary/aromatic N) is 4. The molecule has 1 aliphatic heterocycles. The predicted molar refractivity (Wildman–Crippen MR) is 93.6 cm³/mol. The highest BCUT2D eigenvalue weighted by atomic mass is 19.1. The quantitative estimate of drug-likeness (QED) is 0.711. The zero-order chi connectivity index (χ0) is 18.8. The molecule has 27 heavy (non-hydrogen) atoms. The van der Waals surface area contributed by atoms with Gasteiger partial charge in [0.25, 0.3) is 5.89 Å². The van der Waals surface area contributed by atoms with Crippen molar-refractivity contribution in [1.82, 2.24) is 15.0 Å². The van der Waals surface area contributed by atoms with E-state index in [-0.39, 0.29) is 30.6 Å². The second kappa shape index (κ2) is 7.00. The summed E-state index contributed by atoms with van der Waals surface area (Å²) in [6.45, 7) is 0.641. The molecule has 4 rings (SSSR count). The molecular weight excluding hydrogens is 347 g/mol. The van der Waals surface area contributed by atoms with Crippen LogP contribution < -0.4 is 0 Å². The molecule has 1 amide bonds. The number of aromatic nitrogens is 2. The Kier molecular flexibility index (Phi) is 4.38. The number of amides is 1. The third kappa shape index (κ3) is 3.42. The van der Waals surface area contributed by atoms with Gasteiger partial charge in [-0.25, -0.2) is 4.39 Å². The predicted octanol–water partition coefficient (Wildman–Crippen LogP) is 3.26. The lowest BCUT2D eigenvalue weighted by Crippen LogP contribution is -2.25. The van der Waals surface area contributed by atoms with E-state index in [0.717, 1.165) is 0 Å². The van der Waals surface area contributed by atoms with E-state index in [2.05, 4.69) is 16.2 Å². The summed E-state index contributed by atoms with van der Waals surface area (Å²) in [5, 5.41) is 12.9. The van der Waals surface area contributed by atoms with E-state index in [4.69, 9.17) is 9.78 Å². The molecule has 7 heteroatoms. The van der Waals surface area contributed by atoms with Crippen LogP contribution in [0.5, 0.6) is 0 Å². The van der Waals surface area contributed by atoms with Gasteiger partial charge in [0.05, 0.1) is 11.6 Å². The van der Waals surface area contributed by atoms with Gasteiger partial charge in [-0.3, -0.25) is 4.79 Å². The van der Waals surface area contributed by atoms with Crippen molar-refractivity contribution in [2.75, 3.05) is 6.54 Å². The van der Waals surface area contributed by atoms with E-state index >= 15 is 0 Å². The van der Waals surface area contributed by atoms with Gasteiger partial charge in [0.2, 0.25) is 5.91 Å². The molecule has 3 aromatic rings. The molecule has 0 radical (unpaired) electrons. The molecule has 1 saturated heterocycles. The molecule has 0 N–H and O–H groups in total. The van der Waals surface area contributed by atoms with E-state index in [0.29, 0.717) is 35.0 Å². The van der Waals surface area contributed by atoms with Crippen molar-refractivity contribution in [2.24, 2.45) is 0 Å². The Hall–Kier alpha value is -3.53. The fourth-order valence-electron chi connectivity index (χ4n) is 3.14. The summed E-state index contributed by atoms with van der Waals surface area (Å²) in [7, 11) is 0. The Morgan fingerprint density at radius 2 is 2.00 bits per heavy atom. The summed E-state index contributed by atoms with van der Waals surface area (Å²) in [6.07, 6.45) is 0.265. The maximum Gasteiger partial charge on any atom is 0.257 e. The van der Waals surface area contributed by atoms with Crippen LogP contribution in [0, 0.1) is 17.1 Å². The zero-order valence-corrected chi connectivity index (χ0v) is 14.3. The normalized spacial score (nSPS) is 16.5. The summed E-state index contributed by atoms with van der Waals surface area (Å²) < 4.78 is 19.1. The number of carbonyl (C=O) groups excluding carboxylic acids is 1. The highest BCUT2D eigenvalue weighted by Crippen LogP contribution is 2.29. The van der Waals surface area contributed by atoms with Crippen molar-refractivity contribution >= 4 is 5.91 Å². The van der Waals surface area contributed by atoms with Gasteiger partial charge in [-0.15, -0.1) is 0 Å². The summed E-state index contributed by atoms with van der Waals surface area (Å²) >= 11 is 0. The minimum absolute atomic E-state index is 0.0621. The van der Waals surface area contributed by atoms with Gasteiger partial charge < -0.3 is 9.42 Å². The number of carbonyl (C=O) groups is 1. The average Bonchev–Trinajstić information content (AvgIpc) is 3.31. The first-order valence-electron chi connectivity index (χ1n) is 8.49. The molecule has 1 unspecified atom stereocenters. The molecular formula is C20H15FN4O2. The molecule has 0 aliphatic carbocycles. The van der Waals surface area contributed by atoms with Crippen molar-refractivity contribution in [3.05, 3.63) is 71.3 Å². The second-order valence-electron chi connectivity index (χ2n) is 6.41. The average molecular weight is 362 g/mol. The standard InChI is InChI=1S/C20H15FN4O2/c21-17-4-2-1-3-15(17)11-25-12-16(9-18(25)26)19-23-20(27-24-19)14-7-5-13(10-22)6-8-14/h1-8,16H,9,11-12H2. The van der Waals surface area contributed by atoms with Crippen LogP contribution in [0.3, 0.4) is 0 Å². The Morgan fingerprint density at radius 3 is 2.74 bits per heavy atom. The van der Waals surface area contributed by atoms with Gasteiger partial charge in [-0.1, -0.05) is 23.4 Å². The van der Waals surface area contributed by atoms with Crippen LogP contribution in [-0.4, -0.2) is 27.5 Å². The van der Waals surface area contributed by atoms with Crippen LogP contribution in [0.15, 0.2) is 53.1 Å². The Labute approximate surface area is 154 Å². The Morgan fingerprint density at radius 1 is 1.22 bits per heavy atom. The van der Waals surface area contributed by atoms with Gasteiger partial charge in [-0.05, 0) is 30.3 Å². The van der Waals surface area contributed by atoms with Gasteiger partial charge in [-0.2, -0.15) is 10.2 Å². The molecule has 0 spiro atoms. The fraction of sp³-hybridized carbons (Fsp3) is 0.200. The summed E-state index contributed by atoms with van der Waals surface area (Å²) in [6, 6.07) is 15.3. The van der Waals surface area contributed by atoms with Crippen molar-refractivity contribution in [3.8, 4) is 17.5 Å². The van der Waals surface area contributed by atoms with Crippen LogP contribution in [0.1, 0.15) is 29.3 Å². The summed E-state index contributed by atoms with van der Waals surface area (Å²) in [4.78, 5) is 18.3. The number of benzene rings is 2.